The highest BCUT2D eigenvalue weighted by molar-refractivity contribution is 5.83. The molecule has 2 N–H and O–H groups in total. The van der Waals surface area contributed by atoms with Gasteiger partial charge in [-0.1, -0.05) is 66.7 Å². The first-order chi connectivity index (χ1) is 13.1. The van der Waals surface area contributed by atoms with Crippen LogP contribution < -0.4 is 4.74 Å². The van der Waals surface area contributed by atoms with Gasteiger partial charge in [0.05, 0.1) is 7.11 Å². The van der Waals surface area contributed by atoms with Gasteiger partial charge in [-0.2, -0.15) is 0 Å². The molecule has 0 radical (unpaired) electrons. The van der Waals surface area contributed by atoms with Gasteiger partial charge in [0.15, 0.2) is 0 Å². The molecule has 3 nitrogen and oxygen atoms in total. The second kappa shape index (κ2) is 6.78. The standard InChI is InChI=1S/C24H20O3/c1-27-23-9-5-4-8-22(23)24(26,19-12-14-21(25)15-13-19)20-11-10-17-6-2-3-7-18(17)16-20/h2-16,25-26H,1H3. The van der Waals surface area contributed by atoms with Crippen molar-refractivity contribution in [2.75, 3.05) is 7.11 Å². The number of aromatic hydroxyl groups is 1. The van der Waals surface area contributed by atoms with E-state index in [0.29, 0.717) is 16.9 Å². The number of benzene rings is 4. The average Bonchev–Trinajstić information content (AvgIpc) is 2.73. The summed E-state index contributed by atoms with van der Waals surface area (Å²) >= 11 is 0. The van der Waals surface area contributed by atoms with Gasteiger partial charge < -0.3 is 14.9 Å². The number of para-hydroxylation sites is 1. The zero-order valence-corrected chi connectivity index (χ0v) is 15.0. The largest absolute Gasteiger partial charge is 0.508 e. The SMILES string of the molecule is COc1ccccc1C(O)(c1ccc(O)cc1)c1ccc2ccccc2c1. The first-order valence-electron chi connectivity index (χ1n) is 8.77. The molecule has 0 fully saturated rings. The van der Waals surface area contributed by atoms with E-state index in [4.69, 9.17) is 4.74 Å². The minimum Gasteiger partial charge on any atom is -0.508 e. The predicted octanol–water partition coefficient (Wildman–Crippen LogP) is 4.84. The number of aliphatic hydroxyl groups is 1. The summed E-state index contributed by atoms with van der Waals surface area (Å²) in [6, 6.07) is 28.1. The van der Waals surface area contributed by atoms with Gasteiger partial charge in [-0.15, -0.1) is 0 Å². The Balaban J connectivity index is 2.01. The van der Waals surface area contributed by atoms with Gasteiger partial charge >= 0.3 is 0 Å². The van der Waals surface area contributed by atoms with Crippen LogP contribution in [-0.2, 0) is 5.60 Å². The van der Waals surface area contributed by atoms with E-state index in [2.05, 4.69) is 0 Å². The maximum Gasteiger partial charge on any atom is 0.144 e. The summed E-state index contributed by atoms with van der Waals surface area (Å²) in [6.45, 7) is 0. The summed E-state index contributed by atoms with van der Waals surface area (Å²) in [5, 5.41) is 23.9. The Bertz CT molecular complexity index is 1090. The lowest BCUT2D eigenvalue weighted by atomic mass is 9.79. The van der Waals surface area contributed by atoms with E-state index in [1.165, 1.54) is 0 Å². The first-order valence-corrected chi connectivity index (χ1v) is 8.77. The number of rotatable bonds is 4. The number of hydrogen-bond acceptors (Lipinski definition) is 3. The number of fused-ring (bicyclic) bond motifs is 1. The van der Waals surface area contributed by atoms with Crippen molar-refractivity contribution in [1.29, 1.82) is 0 Å². The third kappa shape index (κ3) is 2.92. The van der Waals surface area contributed by atoms with Crippen LogP contribution in [0.3, 0.4) is 0 Å². The summed E-state index contributed by atoms with van der Waals surface area (Å²) in [5.41, 5.74) is 0.606. The first kappa shape index (κ1) is 17.1. The van der Waals surface area contributed by atoms with Crippen molar-refractivity contribution in [2.45, 2.75) is 5.60 Å². The van der Waals surface area contributed by atoms with Crippen LogP contribution in [0.15, 0.2) is 91.0 Å². The molecule has 134 valence electrons. The third-order valence-corrected chi connectivity index (χ3v) is 4.95. The third-order valence-electron chi connectivity index (χ3n) is 4.95. The van der Waals surface area contributed by atoms with Crippen molar-refractivity contribution in [3.05, 3.63) is 108 Å². The van der Waals surface area contributed by atoms with Gasteiger partial charge in [0.1, 0.15) is 17.1 Å². The Morgan fingerprint density at radius 1 is 0.704 bits per heavy atom. The second-order valence-corrected chi connectivity index (χ2v) is 6.52. The minimum atomic E-state index is -1.43. The number of phenolic OH excluding ortho intramolecular Hbond substituents is 1. The van der Waals surface area contributed by atoms with E-state index in [-0.39, 0.29) is 5.75 Å². The molecule has 4 aromatic carbocycles. The van der Waals surface area contributed by atoms with Crippen molar-refractivity contribution >= 4 is 10.8 Å². The molecule has 0 heterocycles. The second-order valence-electron chi connectivity index (χ2n) is 6.52. The molecular weight excluding hydrogens is 336 g/mol. The summed E-state index contributed by atoms with van der Waals surface area (Å²) in [7, 11) is 1.59. The summed E-state index contributed by atoms with van der Waals surface area (Å²) in [6.07, 6.45) is 0. The Hall–Kier alpha value is -3.30. The van der Waals surface area contributed by atoms with Gasteiger partial charge in [-0.3, -0.25) is 0 Å². The number of phenols is 1. The molecule has 27 heavy (non-hydrogen) atoms. The molecule has 1 unspecified atom stereocenters. The Labute approximate surface area is 158 Å². The van der Waals surface area contributed by atoms with E-state index in [1.54, 1.807) is 31.4 Å². The summed E-state index contributed by atoms with van der Waals surface area (Å²) in [4.78, 5) is 0. The molecule has 4 aromatic rings. The van der Waals surface area contributed by atoms with Crippen LogP contribution >= 0.6 is 0 Å². The molecule has 0 amide bonds. The zero-order valence-electron chi connectivity index (χ0n) is 15.0. The molecule has 0 saturated heterocycles. The molecule has 0 saturated carbocycles. The van der Waals surface area contributed by atoms with Crippen molar-refractivity contribution in [3.8, 4) is 11.5 Å². The number of hydrogen-bond donors (Lipinski definition) is 2. The molecule has 0 aliphatic rings. The summed E-state index contributed by atoms with van der Waals surface area (Å²) < 4.78 is 5.54. The molecule has 3 heteroatoms. The fourth-order valence-electron chi connectivity index (χ4n) is 3.54. The lowest BCUT2D eigenvalue weighted by Gasteiger charge is -2.31. The monoisotopic (exact) mass is 356 g/mol. The lowest BCUT2D eigenvalue weighted by Crippen LogP contribution is -2.29. The molecule has 0 bridgehead atoms. The summed E-state index contributed by atoms with van der Waals surface area (Å²) in [5.74, 6) is 0.751. The fourth-order valence-corrected chi connectivity index (χ4v) is 3.54. The van der Waals surface area contributed by atoms with Gasteiger partial charge in [-0.05, 0) is 46.2 Å². The maximum absolute atomic E-state index is 12.0. The highest BCUT2D eigenvalue weighted by Gasteiger charge is 2.36. The average molecular weight is 356 g/mol. The van der Waals surface area contributed by atoms with E-state index in [0.717, 1.165) is 16.3 Å². The molecule has 0 aliphatic heterocycles. The van der Waals surface area contributed by atoms with Crippen LogP contribution in [0.4, 0.5) is 0 Å². The predicted molar refractivity (Wildman–Crippen MR) is 107 cm³/mol. The maximum atomic E-state index is 12.0. The van der Waals surface area contributed by atoms with Gasteiger partial charge in [-0.25, -0.2) is 0 Å². The van der Waals surface area contributed by atoms with Gasteiger partial charge in [0.2, 0.25) is 0 Å². The van der Waals surface area contributed by atoms with E-state index in [9.17, 15) is 10.2 Å². The fraction of sp³-hybridized carbons (Fsp3) is 0.0833. The van der Waals surface area contributed by atoms with Crippen LogP contribution in [0.5, 0.6) is 11.5 Å². The molecule has 4 rings (SSSR count). The van der Waals surface area contributed by atoms with Gasteiger partial charge in [0, 0.05) is 5.56 Å². The Kier molecular flexibility index (Phi) is 4.30. The quantitative estimate of drug-likeness (QED) is 0.515. The van der Waals surface area contributed by atoms with Crippen molar-refractivity contribution < 1.29 is 14.9 Å². The van der Waals surface area contributed by atoms with Crippen LogP contribution in [-0.4, -0.2) is 17.3 Å². The van der Waals surface area contributed by atoms with Crippen LogP contribution in [0.2, 0.25) is 0 Å². The normalized spacial score (nSPS) is 13.3. The zero-order chi connectivity index (χ0) is 18.9. The van der Waals surface area contributed by atoms with E-state index in [1.807, 2.05) is 66.7 Å². The smallest absolute Gasteiger partial charge is 0.144 e. The Morgan fingerprint density at radius 2 is 1.33 bits per heavy atom. The minimum absolute atomic E-state index is 0.152. The lowest BCUT2D eigenvalue weighted by molar-refractivity contribution is 0.122. The van der Waals surface area contributed by atoms with E-state index < -0.39 is 5.60 Å². The van der Waals surface area contributed by atoms with Crippen LogP contribution in [0.1, 0.15) is 16.7 Å². The van der Waals surface area contributed by atoms with Crippen molar-refractivity contribution in [1.82, 2.24) is 0 Å². The Morgan fingerprint density at radius 3 is 2.07 bits per heavy atom. The number of methoxy groups -OCH3 is 1. The van der Waals surface area contributed by atoms with Crippen LogP contribution in [0.25, 0.3) is 10.8 Å². The molecule has 0 aliphatic carbocycles. The number of ether oxygens (including phenoxy) is 1. The highest BCUT2D eigenvalue weighted by Crippen LogP contribution is 2.42. The topological polar surface area (TPSA) is 49.7 Å². The van der Waals surface area contributed by atoms with Crippen LogP contribution in [0, 0.1) is 0 Å². The highest BCUT2D eigenvalue weighted by atomic mass is 16.5. The molecule has 0 aromatic heterocycles. The van der Waals surface area contributed by atoms with E-state index >= 15 is 0 Å². The molecular formula is C24H20O3. The van der Waals surface area contributed by atoms with Gasteiger partial charge in [0.25, 0.3) is 0 Å². The molecule has 1 atom stereocenters. The molecule has 0 spiro atoms. The van der Waals surface area contributed by atoms with Crippen molar-refractivity contribution in [2.24, 2.45) is 0 Å². The van der Waals surface area contributed by atoms with Crippen molar-refractivity contribution in [3.63, 3.8) is 0 Å².